The van der Waals surface area contributed by atoms with Gasteiger partial charge in [0, 0.05) is 5.56 Å². The lowest BCUT2D eigenvalue weighted by molar-refractivity contribution is 0.112. The Kier molecular flexibility index (Phi) is 5.42. The van der Waals surface area contributed by atoms with E-state index in [-0.39, 0.29) is 0 Å². The number of carbonyl (C=O) groups is 1. The number of hydrogen-bond donors (Lipinski definition) is 0. The van der Waals surface area contributed by atoms with Gasteiger partial charge in [-0.05, 0) is 35.7 Å². The van der Waals surface area contributed by atoms with E-state index in [4.69, 9.17) is 4.74 Å². The Balaban J connectivity index is 3.30. The van der Waals surface area contributed by atoms with E-state index in [0.717, 1.165) is 36.9 Å². The molecule has 0 aromatic heterocycles. The summed E-state index contributed by atoms with van der Waals surface area (Å²) in [6.07, 6.45) is 4.28. The van der Waals surface area contributed by atoms with E-state index in [1.807, 2.05) is 12.1 Å². The zero-order valence-electron chi connectivity index (χ0n) is 11.2. The molecule has 1 radical (unpaired) electrons. The van der Waals surface area contributed by atoms with Crippen molar-refractivity contribution in [3.05, 3.63) is 23.3 Å². The van der Waals surface area contributed by atoms with Gasteiger partial charge in [0.2, 0.25) is 0 Å². The number of hydrogen-bond acceptors (Lipinski definition) is 2. The summed E-state index contributed by atoms with van der Waals surface area (Å²) >= 11 is 0. The fraction of sp³-hybridized carbons (Fsp3) is 0.500. The molecule has 0 atom stereocenters. The average Bonchev–Trinajstić information content (AvgIpc) is 2.34. The maximum absolute atomic E-state index is 11.1. The van der Waals surface area contributed by atoms with Crippen LogP contribution in [-0.4, -0.2) is 22.2 Å². The molecule has 0 aliphatic heterocycles. The molecule has 2 nitrogen and oxygen atoms in total. The lowest BCUT2D eigenvalue weighted by atomic mass is 10.0. The minimum absolute atomic E-state index is 0.657. The van der Waals surface area contributed by atoms with Gasteiger partial charge in [-0.15, -0.1) is 0 Å². The van der Waals surface area contributed by atoms with Crippen LogP contribution in [0.5, 0.6) is 5.75 Å². The van der Waals surface area contributed by atoms with Gasteiger partial charge in [-0.2, -0.15) is 0 Å². The Morgan fingerprint density at radius 2 is 2.06 bits per heavy atom. The molecule has 0 fully saturated rings. The van der Waals surface area contributed by atoms with Crippen molar-refractivity contribution in [3.63, 3.8) is 0 Å². The van der Waals surface area contributed by atoms with Gasteiger partial charge < -0.3 is 4.74 Å². The Morgan fingerprint density at radius 1 is 1.35 bits per heavy atom. The van der Waals surface area contributed by atoms with E-state index >= 15 is 0 Å². The standard InChI is InChI=1S/C14H21O2Si/c1-5-6-7-12-13(16-2)9-8-11(10-15)14(12)17(3)4/h8-10H,5-7H2,1-4H3. The second-order valence-electron chi connectivity index (χ2n) is 4.43. The lowest BCUT2D eigenvalue weighted by Gasteiger charge is -2.17. The fourth-order valence-corrected chi connectivity index (χ4v) is 3.70. The van der Waals surface area contributed by atoms with Crippen molar-refractivity contribution in [2.45, 2.75) is 39.3 Å². The molecular formula is C14H21O2Si. The molecule has 0 saturated heterocycles. The number of methoxy groups -OCH3 is 1. The molecule has 0 aliphatic carbocycles. The molecule has 0 N–H and O–H groups in total. The smallest absolute Gasteiger partial charge is 0.149 e. The third-order valence-electron chi connectivity index (χ3n) is 2.93. The first-order chi connectivity index (χ1) is 8.15. The predicted octanol–water partition coefficient (Wildman–Crippen LogP) is 2.81. The van der Waals surface area contributed by atoms with Crippen LogP contribution in [0.2, 0.25) is 13.1 Å². The number of benzene rings is 1. The van der Waals surface area contributed by atoms with E-state index in [1.54, 1.807) is 7.11 Å². The Bertz CT molecular complexity index is 386. The molecule has 0 heterocycles. The molecule has 1 aromatic carbocycles. The summed E-state index contributed by atoms with van der Waals surface area (Å²) < 4.78 is 5.43. The molecule has 0 bridgehead atoms. The van der Waals surface area contributed by atoms with Gasteiger partial charge in [0.25, 0.3) is 0 Å². The van der Waals surface area contributed by atoms with Crippen LogP contribution < -0.4 is 9.92 Å². The van der Waals surface area contributed by atoms with Gasteiger partial charge in [0.15, 0.2) is 0 Å². The molecule has 93 valence electrons. The Hall–Kier alpha value is -1.09. The quantitative estimate of drug-likeness (QED) is 0.572. The van der Waals surface area contributed by atoms with Gasteiger partial charge in [-0.1, -0.05) is 26.4 Å². The highest BCUT2D eigenvalue weighted by Gasteiger charge is 2.16. The molecule has 1 rings (SSSR count). The minimum atomic E-state index is -0.657. The van der Waals surface area contributed by atoms with E-state index < -0.39 is 8.80 Å². The van der Waals surface area contributed by atoms with Gasteiger partial charge in [0.1, 0.15) is 12.0 Å². The fourth-order valence-electron chi connectivity index (χ4n) is 2.13. The largest absolute Gasteiger partial charge is 0.496 e. The summed E-state index contributed by atoms with van der Waals surface area (Å²) in [5.41, 5.74) is 2.09. The molecule has 0 aliphatic rings. The van der Waals surface area contributed by atoms with Crippen LogP contribution in [0.15, 0.2) is 12.1 Å². The van der Waals surface area contributed by atoms with Gasteiger partial charge in [-0.3, -0.25) is 4.79 Å². The van der Waals surface area contributed by atoms with Crippen molar-refractivity contribution < 1.29 is 9.53 Å². The summed E-state index contributed by atoms with van der Waals surface area (Å²) in [5.74, 6) is 0.935. The van der Waals surface area contributed by atoms with Crippen molar-refractivity contribution in [3.8, 4) is 5.75 Å². The second-order valence-corrected chi connectivity index (χ2v) is 6.93. The highest BCUT2D eigenvalue weighted by Crippen LogP contribution is 2.20. The Labute approximate surface area is 106 Å². The molecule has 3 heteroatoms. The van der Waals surface area contributed by atoms with Gasteiger partial charge in [-0.25, -0.2) is 0 Å². The van der Waals surface area contributed by atoms with Crippen LogP contribution in [0.3, 0.4) is 0 Å². The number of carbonyl (C=O) groups excluding carboxylic acids is 1. The molecule has 17 heavy (non-hydrogen) atoms. The van der Waals surface area contributed by atoms with Gasteiger partial charge >= 0.3 is 0 Å². The summed E-state index contributed by atoms with van der Waals surface area (Å²) in [7, 11) is 1.04. The number of aldehydes is 1. The van der Waals surface area contributed by atoms with Gasteiger partial charge in [0.05, 0.1) is 15.9 Å². The number of rotatable bonds is 6. The van der Waals surface area contributed by atoms with Crippen molar-refractivity contribution in [1.82, 2.24) is 0 Å². The summed E-state index contributed by atoms with van der Waals surface area (Å²) in [6.45, 7) is 6.63. The van der Waals surface area contributed by atoms with E-state index in [0.29, 0.717) is 0 Å². The maximum atomic E-state index is 11.1. The van der Waals surface area contributed by atoms with Crippen LogP contribution in [0.1, 0.15) is 35.7 Å². The SMILES string of the molecule is CCCCc1c(OC)ccc(C=O)c1[Si](C)C. The van der Waals surface area contributed by atoms with Crippen molar-refractivity contribution in [1.29, 1.82) is 0 Å². The highest BCUT2D eigenvalue weighted by atomic mass is 28.3. The van der Waals surface area contributed by atoms with Crippen LogP contribution in [0.25, 0.3) is 0 Å². The lowest BCUT2D eigenvalue weighted by Crippen LogP contribution is -2.31. The maximum Gasteiger partial charge on any atom is 0.149 e. The first-order valence-electron chi connectivity index (χ1n) is 6.11. The molecule has 0 amide bonds. The van der Waals surface area contributed by atoms with Crippen molar-refractivity contribution in [2.24, 2.45) is 0 Å². The van der Waals surface area contributed by atoms with Crippen LogP contribution >= 0.6 is 0 Å². The summed E-state index contributed by atoms with van der Waals surface area (Å²) in [5, 5.41) is 1.25. The van der Waals surface area contributed by atoms with E-state index in [9.17, 15) is 4.79 Å². The normalized spacial score (nSPS) is 10.6. The predicted molar refractivity (Wildman–Crippen MR) is 74.1 cm³/mol. The van der Waals surface area contributed by atoms with Crippen LogP contribution in [0.4, 0.5) is 0 Å². The monoisotopic (exact) mass is 249 g/mol. The minimum Gasteiger partial charge on any atom is -0.496 e. The van der Waals surface area contributed by atoms with E-state index in [1.165, 1.54) is 10.8 Å². The molecule has 1 aromatic rings. The molecular weight excluding hydrogens is 228 g/mol. The zero-order chi connectivity index (χ0) is 12.8. The van der Waals surface area contributed by atoms with Crippen LogP contribution in [0, 0.1) is 0 Å². The number of ether oxygens (including phenoxy) is 1. The average molecular weight is 249 g/mol. The number of unbranched alkanes of at least 4 members (excludes halogenated alkanes) is 1. The molecule has 0 spiro atoms. The highest BCUT2D eigenvalue weighted by molar-refractivity contribution is 6.72. The summed E-state index contributed by atoms with van der Waals surface area (Å²) in [4.78, 5) is 11.1. The molecule has 0 saturated carbocycles. The molecule has 0 unspecified atom stereocenters. The van der Waals surface area contributed by atoms with Crippen LogP contribution in [-0.2, 0) is 6.42 Å². The third-order valence-corrected chi connectivity index (χ3v) is 4.52. The second kappa shape index (κ2) is 6.60. The van der Waals surface area contributed by atoms with E-state index in [2.05, 4.69) is 20.0 Å². The summed E-state index contributed by atoms with van der Waals surface area (Å²) in [6, 6.07) is 3.80. The van der Waals surface area contributed by atoms with Crippen molar-refractivity contribution in [2.75, 3.05) is 7.11 Å². The van der Waals surface area contributed by atoms with Crippen molar-refractivity contribution >= 4 is 20.3 Å². The Morgan fingerprint density at radius 3 is 2.53 bits per heavy atom. The first-order valence-corrected chi connectivity index (χ1v) is 8.61. The third kappa shape index (κ3) is 3.19. The first kappa shape index (κ1) is 14.0. The zero-order valence-corrected chi connectivity index (χ0v) is 12.2. The topological polar surface area (TPSA) is 26.3 Å².